The van der Waals surface area contributed by atoms with Crippen LogP contribution in [0.5, 0.6) is 11.5 Å². The number of hydrogen-bond donors (Lipinski definition) is 1. The van der Waals surface area contributed by atoms with Gasteiger partial charge in [-0.15, -0.1) is 10.2 Å². The van der Waals surface area contributed by atoms with Crippen molar-refractivity contribution >= 4 is 28.4 Å². The Bertz CT molecular complexity index is 1450. The van der Waals surface area contributed by atoms with Crippen molar-refractivity contribution in [2.45, 2.75) is 38.3 Å². The summed E-state index contributed by atoms with van der Waals surface area (Å²) in [5.41, 5.74) is 1.99. The van der Waals surface area contributed by atoms with Gasteiger partial charge in [0.1, 0.15) is 13.1 Å². The third-order valence-corrected chi connectivity index (χ3v) is 6.58. The highest BCUT2D eigenvalue weighted by Gasteiger charge is 2.24. The zero-order valence-corrected chi connectivity index (χ0v) is 21.3. The molecule has 11 nitrogen and oxygen atoms in total. The highest BCUT2D eigenvalue weighted by Crippen LogP contribution is 2.30. The standard InChI is InChI=1S/C27H29N7O4/c1-37-23-12-11-19(14-24(23)38-2)27-30-32-34(31-27)17-26(36)33(16-25(35)29-20-8-4-5-9-20)21-13-18-7-3-6-10-22(18)28-15-21/h3,6-7,10-15,20H,4-5,8-9,16-17H2,1-2H3,(H,29,35). The molecule has 2 heterocycles. The van der Waals surface area contributed by atoms with E-state index in [9.17, 15) is 9.59 Å². The molecular formula is C27H29N7O4. The topological polar surface area (TPSA) is 124 Å². The number of fused-ring (bicyclic) bond motifs is 1. The lowest BCUT2D eigenvalue weighted by Crippen LogP contribution is -2.45. The summed E-state index contributed by atoms with van der Waals surface area (Å²) in [5, 5.41) is 16.5. The number of carbonyl (C=O) groups excluding carboxylic acids is 2. The van der Waals surface area contributed by atoms with E-state index < -0.39 is 0 Å². The molecule has 0 unspecified atom stereocenters. The maximum Gasteiger partial charge on any atom is 0.251 e. The molecule has 5 rings (SSSR count). The molecule has 11 heteroatoms. The number of para-hydroxylation sites is 1. The smallest absolute Gasteiger partial charge is 0.251 e. The maximum atomic E-state index is 13.5. The number of rotatable bonds is 9. The van der Waals surface area contributed by atoms with Gasteiger partial charge in [-0.1, -0.05) is 31.0 Å². The molecular weight excluding hydrogens is 486 g/mol. The molecule has 2 aromatic carbocycles. The Morgan fingerprint density at radius 2 is 1.84 bits per heavy atom. The Labute approximate surface area is 219 Å². The van der Waals surface area contributed by atoms with E-state index >= 15 is 0 Å². The second-order valence-electron chi connectivity index (χ2n) is 9.13. The number of amides is 2. The minimum atomic E-state index is -0.361. The normalized spacial score (nSPS) is 13.4. The summed E-state index contributed by atoms with van der Waals surface area (Å²) in [4.78, 5) is 33.5. The number of ether oxygens (including phenoxy) is 2. The van der Waals surface area contributed by atoms with Crippen molar-refractivity contribution in [3.05, 3.63) is 54.7 Å². The third-order valence-electron chi connectivity index (χ3n) is 6.58. The van der Waals surface area contributed by atoms with Crippen LogP contribution in [0, 0.1) is 0 Å². The summed E-state index contributed by atoms with van der Waals surface area (Å²) in [7, 11) is 3.10. The van der Waals surface area contributed by atoms with Crippen molar-refractivity contribution in [2.75, 3.05) is 25.7 Å². The number of nitrogens with one attached hydrogen (secondary N) is 1. The monoisotopic (exact) mass is 515 g/mol. The van der Waals surface area contributed by atoms with Gasteiger partial charge in [0.05, 0.1) is 31.6 Å². The zero-order valence-electron chi connectivity index (χ0n) is 21.3. The largest absolute Gasteiger partial charge is 0.493 e. The number of methoxy groups -OCH3 is 2. The number of benzene rings is 2. The van der Waals surface area contributed by atoms with Crippen LogP contribution in [0.2, 0.25) is 0 Å². The molecule has 1 saturated carbocycles. The first kappa shape index (κ1) is 25.1. The average molecular weight is 516 g/mol. The van der Waals surface area contributed by atoms with Gasteiger partial charge < -0.3 is 14.8 Å². The molecule has 38 heavy (non-hydrogen) atoms. The first-order valence-electron chi connectivity index (χ1n) is 12.5. The van der Waals surface area contributed by atoms with Crippen LogP contribution in [0.1, 0.15) is 25.7 Å². The van der Waals surface area contributed by atoms with Gasteiger partial charge >= 0.3 is 0 Å². The van der Waals surface area contributed by atoms with Crippen LogP contribution < -0.4 is 19.7 Å². The molecule has 0 spiro atoms. The predicted molar refractivity (Wildman–Crippen MR) is 141 cm³/mol. The molecule has 0 atom stereocenters. The van der Waals surface area contributed by atoms with E-state index in [-0.39, 0.29) is 30.9 Å². The maximum absolute atomic E-state index is 13.5. The van der Waals surface area contributed by atoms with Crippen LogP contribution >= 0.6 is 0 Å². The molecule has 196 valence electrons. The molecule has 1 aliphatic rings. The van der Waals surface area contributed by atoms with E-state index in [1.807, 2.05) is 30.3 Å². The highest BCUT2D eigenvalue weighted by atomic mass is 16.5. The summed E-state index contributed by atoms with van der Waals surface area (Å²) >= 11 is 0. The van der Waals surface area contributed by atoms with Crippen molar-refractivity contribution in [1.82, 2.24) is 30.5 Å². The first-order chi connectivity index (χ1) is 18.5. The summed E-state index contributed by atoms with van der Waals surface area (Å²) in [6, 6.07) is 14.9. The van der Waals surface area contributed by atoms with Gasteiger partial charge in [-0.25, -0.2) is 0 Å². The minimum Gasteiger partial charge on any atom is -0.493 e. The molecule has 4 aromatic rings. The van der Waals surface area contributed by atoms with Gasteiger partial charge in [0, 0.05) is 17.0 Å². The summed E-state index contributed by atoms with van der Waals surface area (Å²) in [6.45, 7) is -0.337. The Morgan fingerprint density at radius 1 is 1.05 bits per heavy atom. The fourth-order valence-corrected chi connectivity index (χ4v) is 4.62. The van der Waals surface area contributed by atoms with Crippen molar-refractivity contribution in [3.63, 3.8) is 0 Å². The second-order valence-corrected chi connectivity index (χ2v) is 9.13. The number of anilines is 1. The number of nitrogens with zero attached hydrogens (tertiary/aromatic N) is 6. The van der Waals surface area contributed by atoms with E-state index in [1.165, 1.54) is 9.70 Å². The molecule has 0 radical (unpaired) electrons. The van der Waals surface area contributed by atoms with Crippen molar-refractivity contribution in [1.29, 1.82) is 0 Å². The van der Waals surface area contributed by atoms with E-state index in [4.69, 9.17) is 9.47 Å². The van der Waals surface area contributed by atoms with Crippen LogP contribution in [-0.2, 0) is 16.1 Å². The average Bonchev–Trinajstić information content (AvgIpc) is 3.63. The van der Waals surface area contributed by atoms with Gasteiger partial charge in [-0.05, 0) is 48.4 Å². The lowest BCUT2D eigenvalue weighted by Gasteiger charge is -2.23. The minimum absolute atomic E-state index is 0.132. The van der Waals surface area contributed by atoms with Gasteiger partial charge in [-0.2, -0.15) is 4.80 Å². The molecule has 0 aliphatic heterocycles. The SMILES string of the molecule is COc1ccc(-c2nnn(CC(=O)N(CC(=O)NC3CCCC3)c3cnc4ccccc4c3)n2)cc1OC. The van der Waals surface area contributed by atoms with Crippen LogP contribution in [0.3, 0.4) is 0 Å². The summed E-state index contributed by atoms with van der Waals surface area (Å²) in [5.74, 6) is 0.863. The summed E-state index contributed by atoms with van der Waals surface area (Å²) in [6.07, 6.45) is 5.72. The predicted octanol–water partition coefficient (Wildman–Crippen LogP) is 3.00. The number of pyridine rings is 1. The Hall–Kier alpha value is -4.54. The zero-order chi connectivity index (χ0) is 26.5. The number of aromatic nitrogens is 5. The molecule has 2 aromatic heterocycles. The Balaban J connectivity index is 1.37. The summed E-state index contributed by atoms with van der Waals surface area (Å²) < 4.78 is 10.6. The first-order valence-corrected chi connectivity index (χ1v) is 12.5. The van der Waals surface area contributed by atoms with Crippen molar-refractivity contribution < 1.29 is 19.1 Å². The van der Waals surface area contributed by atoms with Crippen molar-refractivity contribution in [3.8, 4) is 22.9 Å². The highest BCUT2D eigenvalue weighted by molar-refractivity contribution is 5.99. The van der Waals surface area contributed by atoms with E-state index in [2.05, 4.69) is 25.7 Å². The van der Waals surface area contributed by atoms with Crippen LogP contribution in [0.4, 0.5) is 5.69 Å². The van der Waals surface area contributed by atoms with Gasteiger partial charge in [-0.3, -0.25) is 19.5 Å². The molecule has 1 N–H and O–H groups in total. The quantitative estimate of drug-likeness (QED) is 0.361. The van der Waals surface area contributed by atoms with Gasteiger partial charge in [0.15, 0.2) is 11.5 Å². The van der Waals surface area contributed by atoms with Crippen LogP contribution in [0.15, 0.2) is 54.7 Å². The lowest BCUT2D eigenvalue weighted by atomic mass is 10.2. The van der Waals surface area contributed by atoms with Gasteiger partial charge in [0.2, 0.25) is 11.7 Å². The Kier molecular flexibility index (Phi) is 7.43. The Morgan fingerprint density at radius 3 is 2.63 bits per heavy atom. The molecule has 0 saturated heterocycles. The fourth-order valence-electron chi connectivity index (χ4n) is 4.62. The number of hydrogen-bond acceptors (Lipinski definition) is 8. The third kappa shape index (κ3) is 5.56. The molecule has 1 aliphatic carbocycles. The lowest BCUT2D eigenvalue weighted by molar-refractivity contribution is -0.124. The molecule has 0 bridgehead atoms. The molecule has 2 amide bonds. The van der Waals surface area contributed by atoms with E-state index in [0.29, 0.717) is 28.6 Å². The van der Waals surface area contributed by atoms with Crippen LogP contribution in [-0.4, -0.2) is 63.8 Å². The van der Waals surface area contributed by atoms with Gasteiger partial charge in [0.25, 0.3) is 5.91 Å². The number of carbonyl (C=O) groups is 2. The number of tetrazole rings is 1. The fraction of sp³-hybridized carbons (Fsp3) is 0.333. The second kappa shape index (κ2) is 11.2. The van der Waals surface area contributed by atoms with E-state index in [0.717, 1.165) is 36.6 Å². The van der Waals surface area contributed by atoms with E-state index in [1.54, 1.807) is 38.6 Å². The van der Waals surface area contributed by atoms with Crippen LogP contribution in [0.25, 0.3) is 22.3 Å². The van der Waals surface area contributed by atoms with Crippen molar-refractivity contribution in [2.24, 2.45) is 0 Å². The molecule has 1 fully saturated rings.